The van der Waals surface area contributed by atoms with Crippen LogP contribution in [0.15, 0.2) is 0 Å². The van der Waals surface area contributed by atoms with Crippen molar-refractivity contribution in [3.05, 3.63) is 0 Å². The summed E-state index contributed by atoms with van der Waals surface area (Å²) in [6, 6.07) is 0.600. The summed E-state index contributed by atoms with van der Waals surface area (Å²) in [5, 5.41) is 0. The van der Waals surface area contributed by atoms with E-state index in [0.717, 1.165) is 0 Å². The largest absolute Gasteiger partial charge is 0.351 e. The third kappa shape index (κ3) is 10.2. The monoisotopic (exact) mass is 216 g/mol. The molecule has 1 atom stereocenters. The summed E-state index contributed by atoms with van der Waals surface area (Å²) >= 11 is 0. The Labute approximate surface area is 96.2 Å². The van der Waals surface area contributed by atoms with Crippen LogP contribution in [0.2, 0.25) is 0 Å². The topological polar surface area (TPSA) is 32.1 Å². The zero-order valence-electron chi connectivity index (χ0n) is 11.1. The van der Waals surface area contributed by atoms with Crippen LogP contribution in [0.5, 0.6) is 0 Å². The van der Waals surface area contributed by atoms with E-state index in [1.807, 2.05) is 0 Å². The molecule has 0 saturated carbocycles. The van der Waals surface area contributed by atoms with Crippen molar-refractivity contribution in [3.8, 4) is 0 Å². The van der Waals surface area contributed by atoms with Crippen LogP contribution in [0.25, 0.3) is 0 Å². The molecule has 0 radical (unpaired) electrons. The molecule has 0 heterocycles. The van der Waals surface area contributed by atoms with Gasteiger partial charge in [0.05, 0.1) is 13.1 Å². The Hall–Kier alpha value is -0.0800. The van der Waals surface area contributed by atoms with Gasteiger partial charge in [0.25, 0.3) is 0 Å². The molecule has 0 aromatic heterocycles. The highest BCUT2D eigenvalue weighted by Crippen LogP contribution is 1.92. The van der Waals surface area contributed by atoms with Crippen LogP contribution < -0.4 is 10.6 Å². The third-order valence-electron chi connectivity index (χ3n) is 2.90. The zero-order valence-corrected chi connectivity index (χ0v) is 11.1. The minimum absolute atomic E-state index is 0.600. The van der Waals surface area contributed by atoms with Crippen molar-refractivity contribution in [1.82, 2.24) is 0 Å². The maximum Gasteiger partial charge on any atom is 0.131 e. The van der Waals surface area contributed by atoms with Gasteiger partial charge in [-0.3, -0.25) is 0 Å². The highest BCUT2D eigenvalue weighted by atomic mass is 15.1. The van der Waals surface area contributed by atoms with Crippen LogP contribution in [-0.4, -0.2) is 25.7 Å². The second-order valence-electron chi connectivity index (χ2n) is 4.97. The minimum Gasteiger partial charge on any atom is -0.351 e. The van der Waals surface area contributed by atoms with Crippen LogP contribution in [0, 0.1) is 0 Å². The maximum atomic E-state index is 4.11. The van der Waals surface area contributed by atoms with Gasteiger partial charge in [-0.2, -0.15) is 0 Å². The number of hydrogen-bond donors (Lipinski definition) is 2. The average Bonchev–Trinajstić information content (AvgIpc) is 2.17. The normalized spacial score (nSPS) is 13.4. The molecule has 92 valence electrons. The molecule has 0 spiro atoms. The van der Waals surface area contributed by atoms with E-state index in [0.29, 0.717) is 6.04 Å². The molecule has 0 aliphatic carbocycles. The molecule has 2 nitrogen and oxygen atoms in total. The van der Waals surface area contributed by atoms with E-state index in [2.05, 4.69) is 26.5 Å². The van der Waals surface area contributed by atoms with E-state index in [9.17, 15) is 0 Å². The fourth-order valence-electron chi connectivity index (χ4n) is 2.07. The predicted molar refractivity (Wildman–Crippen MR) is 67.0 cm³/mol. The Morgan fingerprint density at radius 1 is 0.933 bits per heavy atom. The number of quaternary nitrogens is 2. The Morgan fingerprint density at radius 2 is 1.40 bits per heavy atom. The smallest absolute Gasteiger partial charge is 0.131 e. The van der Waals surface area contributed by atoms with Gasteiger partial charge in [0, 0.05) is 0 Å². The molecule has 2 heteroatoms. The quantitative estimate of drug-likeness (QED) is 0.508. The third-order valence-corrected chi connectivity index (χ3v) is 2.90. The maximum absolute atomic E-state index is 4.11. The first-order valence-electron chi connectivity index (χ1n) is 6.87. The van der Waals surface area contributed by atoms with Gasteiger partial charge in [-0.25, -0.2) is 0 Å². The van der Waals surface area contributed by atoms with Crippen molar-refractivity contribution in [2.24, 2.45) is 0 Å². The fourth-order valence-corrected chi connectivity index (χ4v) is 2.07. The van der Waals surface area contributed by atoms with Gasteiger partial charge in [0.15, 0.2) is 0 Å². The molecule has 0 fully saturated rings. The lowest BCUT2D eigenvalue weighted by Gasteiger charge is -2.19. The van der Waals surface area contributed by atoms with Crippen molar-refractivity contribution in [2.75, 3.05) is 19.6 Å². The second-order valence-corrected chi connectivity index (χ2v) is 4.97. The molecule has 0 unspecified atom stereocenters. The number of rotatable bonds is 10. The summed E-state index contributed by atoms with van der Waals surface area (Å²) in [5.74, 6) is 0. The summed E-state index contributed by atoms with van der Waals surface area (Å²) in [6.45, 7) is 10.8. The van der Waals surface area contributed by atoms with Crippen LogP contribution in [0.1, 0.15) is 59.3 Å². The first kappa shape index (κ1) is 14.9. The molecule has 0 aromatic rings. The molecule has 0 aromatic carbocycles. The average molecular weight is 216 g/mol. The van der Waals surface area contributed by atoms with E-state index < -0.39 is 0 Å². The minimum atomic E-state index is 0.600. The molecular formula is C13H32N2+2. The van der Waals surface area contributed by atoms with Crippen LogP contribution >= 0.6 is 0 Å². The van der Waals surface area contributed by atoms with Gasteiger partial charge in [0.2, 0.25) is 0 Å². The van der Waals surface area contributed by atoms with Crippen LogP contribution in [0.3, 0.4) is 0 Å². The molecule has 0 aliphatic heterocycles. The summed E-state index contributed by atoms with van der Waals surface area (Å²) in [7, 11) is 0. The lowest BCUT2D eigenvalue weighted by atomic mass is 10.2. The SMILES string of the molecule is CCCCC[NH+](CCCCC)C[C@H](C)[NH3+]. The highest BCUT2D eigenvalue weighted by Gasteiger charge is 2.11. The van der Waals surface area contributed by atoms with Crippen molar-refractivity contribution >= 4 is 0 Å². The van der Waals surface area contributed by atoms with Gasteiger partial charge in [-0.05, 0) is 32.6 Å². The van der Waals surface area contributed by atoms with Gasteiger partial charge in [0.1, 0.15) is 12.6 Å². The standard InChI is InChI=1S/C13H30N2/c1-4-6-8-10-15(12-13(3)14)11-9-7-5-2/h13H,4-12,14H2,1-3H3/p+2/t13-/m0/s1. The van der Waals surface area contributed by atoms with Gasteiger partial charge in [-0.15, -0.1) is 0 Å². The van der Waals surface area contributed by atoms with E-state index in [4.69, 9.17) is 0 Å². The van der Waals surface area contributed by atoms with Crippen molar-refractivity contribution in [2.45, 2.75) is 65.3 Å². The Bertz CT molecular complexity index is 114. The lowest BCUT2D eigenvalue weighted by Crippen LogP contribution is -3.14. The van der Waals surface area contributed by atoms with Gasteiger partial charge >= 0.3 is 0 Å². The zero-order chi connectivity index (χ0) is 11.5. The first-order valence-corrected chi connectivity index (χ1v) is 6.87. The first-order chi connectivity index (χ1) is 7.20. The van der Waals surface area contributed by atoms with E-state index in [-0.39, 0.29) is 0 Å². The predicted octanol–water partition coefficient (Wildman–Crippen LogP) is 0.882. The second kappa shape index (κ2) is 10.4. The molecule has 0 amide bonds. The van der Waals surface area contributed by atoms with Crippen molar-refractivity contribution in [3.63, 3.8) is 0 Å². The molecule has 0 saturated heterocycles. The van der Waals surface area contributed by atoms with Crippen molar-refractivity contribution < 1.29 is 10.6 Å². The lowest BCUT2D eigenvalue weighted by molar-refractivity contribution is -0.909. The molecule has 4 N–H and O–H groups in total. The van der Waals surface area contributed by atoms with Crippen molar-refractivity contribution in [1.29, 1.82) is 0 Å². The van der Waals surface area contributed by atoms with Crippen LogP contribution in [0.4, 0.5) is 0 Å². The van der Waals surface area contributed by atoms with E-state index in [1.54, 1.807) is 4.90 Å². The number of hydrogen-bond acceptors (Lipinski definition) is 0. The summed E-state index contributed by atoms with van der Waals surface area (Å²) in [5.41, 5.74) is 4.11. The fraction of sp³-hybridized carbons (Fsp3) is 1.00. The summed E-state index contributed by atoms with van der Waals surface area (Å²) < 4.78 is 0. The summed E-state index contributed by atoms with van der Waals surface area (Å²) in [4.78, 5) is 1.78. The van der Waals surface area contributed by atoms with E-state index >= 15 is 0 Å². The Morgan fingerprint density at radius 3 is 1.73 bits per heavy atom. The Balaban J connectivity index is 3.63. The van der Waals surface area contributed by atoms with Gasteiger partial charge in [-0.1, -0.05) is 26.7 Å². The van der Waals surface area contributed by atoms with E-state index in [1.165, 1.54) is 58.2 Å². The highest BCUT2D eigenvalue weighted by molar-refractivity contribution is 4.43. The van der Waals surface area contributed by atoms with Crippen LogP contribution in [-0.2, 0) is 0 Å². The number of nitrogens with one attached hydrogen (secondary N) is 1. The Kier molecular flexibility index (Phi) is 10.4. The number of unbranched alkanes of at least 4 members (excludes halogenated alkanes) is 4. The molecule has 0 bridgehead atoms. The molecule has 15 heavy (non-hydrogen) atoms. The van der Waals surface area contributed by atoms with Gasteiger partial charge < -0.3 is 10.6 Å². The molecule has 0 aliphatic rings. The molecular weight excluding hydrogens is 184 g/mol. The summed E-state index contributed by atoms with van der Waals surface area (Å²) in [6.07, 6.45) is 8.24. The molecule has 0 rings (SSSR count).